The first-order valence-corrected chi connectivity index (χ1v) is 8.21. The quantitative estimate of drug-likeness (QED) is 0.527. The molecular formula is C12H22Cl4O. The lowest BCUT2D eigenvalue weighted by molar-refractivity contribution is -0.0564. The maximum absolute atomic E-state index is 6.10. The zero-order valence-corrected chi connectivity index (χ0v) is 13.5. The molecule has 0 saturated heterocycles. The van der Waals surface area contributed by atoms with Gasteiger partial charge in [0.25, 0.3) is 0 Å². The van der Waals surface area contributed by atoms with Gasteiger partial charge < -0.3 is 4.74 Å². The fourth-order valence-corrected chi connectivity index (χ4v) is 3.24. The SMILES string of the molecule is CCC(OC(CC)C(CCl)CCl)C(CCl)CCl. The lowest BCUT2D eigenvalue weighted by Gasteiger charge is -2.31. The third-order valence-electron chi connectivity index (χ3n) is 3.00. The van der Waals surface area contributed by atoms with Gasteiger partial charge in [-0.05, 0) is 12.8 Å². The van der Waals surface area contributed by atoms with E-state index in [0.29, 0.717) is 23.5 Å². The summed E-state index contributed by atoms with van der Waals surface area (Å²) < 4.78 is 6.10. The van der Waals surface area contributed by atoms with Gasteiger partial charge in [-0.15, -0.1) is 46.4 Å². The van der Waals surface area contributed by atoms with Crippen LogP contribution in [-0.2, 0) is 4.74 Å². The Morgan fingerprint density at radius 2 is 1.00 bits per heavy atom. The van der Waals surface area contributed by atoms with E-state index in [1.165, 1.54) is 0 Å². The summed E-state index contributed by atoms with van der Waals surface area (Å²) in [6.07, 6.45) is 1.98. The molecule has 0 aromatic heterocycles. The number of halogens is 4. The second-order valence-electron chi connectivity index (χ2n) is 4.17. The molecule has 0 bridgehead atoms. The molecule has 0 aliphatic heterocycles. The molecule has 104 valence electrons. The lowest BCUT2D eigenvalue weighted by atomic mass is 10.0. The highest BCUT2D eigenvalue weighted by molar-refractivity contribution is 6.21. The Morgan fingerprint density at radius 1 is 0.706 bits per heavy atom. The Kier molecular flexibility index (Phi) is 11.7. The molecule has 0 heterocycles. The van der Waals surface area contributed by atoms with Crippen LogP contribution < -0.4 is 0 Å². The Bertz CT molecular complexity index is 154. The average molecular weight is 324 g/mol. The predicted molar refractivity (Wildman–Crippen MR) is 79.1 cm³/mol. The zero-order chi connectivity index (χ0) is 13.3. The molecule has 0 rings (SSSR count). The Hall–Kier alpha value is 1.12. The minimum Gasteiger partial charge on any atom is -0.374 e. The summed E-state index contributed by atoms with van der Waals surface area (Å²) in [5.41, 5.74) is 0. The van der Waals surface area contributed by atoms with E-state index in [4.69, 9.17) is 51.1 Å². The molecule has 0 aromatic carbocycles. The second-order valence-corrected chi connectivity index (χ2v) is 5.40. The van der Waals surface area contributed by atoms with E-state index in [1.54, 1.807) is 0 Å². The van der Waals surface area contributed by atoms with E-state index in [0.717, 1.165) is 12.8 Å². The number of rotatable bonds is 10. The van der Waals surface area contributed by atoms with Gasteiger partial charge in [0.05, 0.1) is 12.2 Å². The molecule has 0 radical (unpaired) electrons. The van der Waals surface area contributed by atoms with E-state index >= 15 is 0 Å². The van der Waals surface area contributed by atoms with Gasteiger partial charge in [0, 0.05) is 35.4 Å². The number of hydrogen-bond donors (Lipinski definition) is 0. The molecule has 0 saturated carbocycles. The Labute approximate surface area is 125 Å². The maximum atomic E-state index is 6.10. The van der Waals surface area contributed by atoms with E-state index in [-0.39, 0.29) is 24.0 Å². The summed E-state index contributed by atoms with van der Waals surface area (Å²) in [6, 6.07) is 0. The Balaban J connectivity index is 4.49. The number of hydrogen-bond acceptors (Lipinski definition) is 1. The maximum Gasteiger partial charge on any atom is 0.0627 e. The van der Waals surface area contributed by atoms with Crippen LogP contribution in [0.25, 0.3) is 0 Å². The van der Waals surface area contributed by atoms with Crippen LogP contribution in [0.3, 0.4) is 0 Å². The molecule has 0 fully saturated rings. The van der Waals surface area contributed by atoms with Gasteiger partial charge >= 0.3 is 0 Å². The van der Waals surface area contributed by atoms with Crippen molar-refractivity contribution in [3.05, 3.63) is 0 Å². The van der Waals surface area contributed by atoms with E-state index < -0.39 is 0 Å². The molecule has 0 amide bonds. The summed E-state index contributed by atoms with van der Waals surface area (Å²) in [5, 5.41) is 0. The lowest BCUT2D eigenvalue weighted by Crippen LogP contribution is -2.35. The minimum absolute atomic E-state index is 0.0869. The predicted octanol–water partition coefficient (Wildman–Crippen LogP) is 4.75. The normalized spacial score (nSPS) is 15.5. The van der Waals surface area contributed by atoms with Gasteiger partial charge in [-0.3, -0.25) is 0 Å². The molecule has 1 nitrogen and oxygen atoms in total. The Morgan fingerprint density at radius 3 is 1.18 bits per heavy atom. The van der Waals surface area contributed by atoms with Crippen molar-refractivity contribution in [2.75, 3.05) is 23.5 Å². The number of ether oxygens (including phenoxy) is 1. The van der Waals surface area contributed by atoms with Crippen molar-refractivity contribution in [2.24, 2.45) is 11.8 Å². The van der Waals surface area contributed by atoms with Crippen LogP contribution in [0.2, 0.25) is 0 Å². The molecule has 5 heteroatoms. The molecule has 2 atom stereocenters. The summed E-state index contributed by atoms with van der Waals surface area (Å²) in [5.74, 6) is 2.44. The molecule has 17 heavy (non-hydrogen) atoms. The van der Waals surface area contributed by atoms with Crippen LogP contribution in [0.1, 0.15) is 26.7 Å². The summed E-state index contributed by atoms with van der Waals surface area (Å²) >= 11 is 23.6. The van der Waals surface area contributed by atoms with Gasteiger partial charge in [-0.25, -0.2) is 0 Å². The van der Waals surface area contributed by atoms with Crippen molar-refractivity contribution in [1.29, 1.82) is 0 Å². The third-order valence-corrected chi connectivity index (χ3v) is 4.58. The average Bonchev–Trinajstić information content (AvgIpc) is 2.37. The smallest absolute Gasteiger partial charge is 0.0627 e. The summed E-state index contributed by atoms with van der Waals surface area (Å²) in [7, 11) is 0. The van der Waals surface area contributed by atoms with Crippen molar-refractivity contribution in [2.45, 2.75) is 38.9 Å². The molecular weight excluding hydrogens is 302 g/mol. The van der Waals surface area contributed by atoms with Crippen LogP contribution in [0.5, 0.6) is 0 Å². The first-order valence-electron chi connectivity index (χ1n) is 6.07. The van der Waals surface area contributed by atoms with Gasteiger partial charge in [-0.2, -0.15) is 0 Å². The zero-order valence-electron chi connectivity index (χ0n) is 10.5. The summed E-state index contributed by atoms with van der Waals surface area (Å²) in [6.45, 7) is 4.17. The van der Waals surface area contributed by atoms with Crippen LogP contribution in [0, 0.1) is 11.8 Å². The van der Waals surface area contributed by atoms with Crippen molar-refractivity contribution in [3.8, 4) is 0 Å². The molecule has 0 spiro atoms. The molecule has 0 aliphatic carbocycles. The van der Waals surface area contributed by atoms with Gasteiger partial charge in [0.2, 0.25) is 0 Å². The minimum atomic E-state index is 0.0869. The van der Waals surface area contributed by atoms with Gasteiger partial charge in [0.15, 0.2) is 0 Å². The molecule has 0 aliphatic rings. The monoisotopic (exact) mass is 322 g/mol. The van der Waals surface area contributed by atoms with Crippen LogP contribution in [-0.4, -0.2) is 35.7 Å². The first kappa shape index (κ1) is 18.1. The standard InChI is InChI=1S/C12H22Cl4O/c1-3-11(9(5-13)6-14)17-12(4-2)10(7-15)8-16/h9-12H,3-8H2,1-2H3. The van der Waals surface area contributed by atoms with E-state index in [9.17, 15) is 0 Å². The van der Waals surface area contributed by atoms with Crippen LogP contribution in [0.4, 0.5) is 0 Å². The highest BCUT2D eigenvalue weighted by Gasteiger charge is 2.26. The topological polar surface area (TPSA) is 9.23 Å². The number of alkyl halides is 4. The van der Waals surface area contributed by atoms with Crippen molar-refractivity contribution >= 4 is 46.4 Å². The highest BCUT2D eigenvalue weighted by Crippen LogP contribution is 2.23. The van der Waals surface area contributed by atoms with Crippen molar-refractivity contribution in [3.63, 3.8) is 0 Å². The van der Waals surface area contributed by atoms with Gasteiger partial charge in [0.1, 0.15) is 0 Å². The van der Waals surface area contributed by atoms with Gasteiger partial charge in [-0.1, -0.05) is 13.8 Å². The molecule has 0 N–H and O–H groups in total. The van der Waals surface area contributed by atoms with Crippen molar-refractivity contribution in [1.82, 2.24) is 0 Å². The third kappa shape index (κ3) is 6.20. The van der Waals surface area contributed by atoms with Crippen LogP contribution >= 0.6 is 46.4 Å². The molecule has 2 unspecified atom stereocenters. The molecule has 0 aromatic rings. The first-order chi connectivity index (χ1) is 8.18. The fourth-order valence-electron chi connectivity index (χ4n) is 1.79. The second kappa shape index (κ2) is 11.0. The van der Waals surface area contributed by atoms with E-state index in [1.807, 2.05) is 0 Å². The fraction of sp³-hybridized carbons (Fsp3) is 1.00. The van der Waals surface area contributed by atoms with Crippen LogP contribution in [0.15, 0.2) is 0 Å². The van der Waals surface area contributed by atoms with E-state index in [2.05, 4.69) is 13.8 Å². The van der Waals surface area contributed by atoms with Crippen molar-refractivity contribution < 1.29 is 4.74 Å². The highest BCUT2D eigenvalue weighted by atomic mass is 35.5. The summed E-state index contributed by atoms with van der Waals surface area (Å²) in [4.78, 5) is 0. The largest absolute Gasteiger partial charge is 0.374 e.